The number of quaternary nitrogens is 1. The number of hydrogen-bond donors (Lipinski definition) is 2. The van der Waals surface area contributed by atoms with Gasteiger partial charge >= 0.3 is 0 Å². The number of nitrogens with one attached hydrogen (secondary N) is 2. The number of likely N-dealkylation sites (N-methyl/N-ethyl adjacent to an activating group) is 1. The Bertz CT molecular complexity index is 816. The number of fused-ring (bicyclic) bond motifs is 1. The van der Waals surface area contributed by atoms with E-state index in [1.54, 1.807) is 4.90 Å². The van der Waals surface area contributed by atoms with E-state index >= 15 is 0 Å². The van der Waals surface area contributed by atoms with Crippen molar-refractivity contribution < 1.29 is 14.5 Å². The third-order valence-corrected chi connectivity index (χ3v) is 4.52. The van der Waals surface area contributed by atoms with Gasteiger partial charge in [0.15, 0.2) is 6.54 Å². The third kappa shape index (κ3) is 3.88. The maximum atomic E-state index is 12.8. The second-order valence-corrected chi connectivity index (χ2v) is 6.79. The van der Waals surface area contributed by atoms with E-state index in [9.17, 15) is 9.59 Å². The van der Waals surface area contributed by atoms with Gasteiger partial charge in [0.05, 0.1) is 18.4 Å². The third-order valence-electron chi connectivity index (χ3n) is 4.52. The minimum Gasteiger partial charge on any atom is -0.326 e. The molecule has 2 amide bonds. The summed E-state index contributed by atoms with van der Waals surface area (Å²) in [5, 5.41) is 2.81. The van der Waals surface area contributed by atoms with Gasteiger partial charge in [-0.25, -0.2) is 0 Å². The van der Waals surface area contributed by atoms with Crippen LogP contribution in [0.5, 0.6) is 0 Å². The first-order valence-corrected chi connectivity index (χ1v) is 8.50. The van der Waals surface area contributed by atoms with Gasteiger partial charge in [-0.05, 0) is 31.5 Å². The highest BCUT2D eigenvalue weighted by Gasteiger charge is 2.28. The molecule has 1 atom stereocenters. The Morgan fingerprint density at radius 3 is 2.72 bits per heavy atom. The molecule has 0 saturated heterocycles. The fourth-order valence-corrected chi connectivity index (χ4v) is 3.24. The number of para-hydroxylation sites is 2. The van der Waals surface area contributed by atoms with Crippen LogP contribution >= 0.6 is 0 Å². The van der Waals surface area contributed by atoms with Crippen LogP contribution in [-0.2, 0) is 16.1 Å². The first-order valence-electron chi connectivity index (χ1n) is 8.50. The highest BCUT2D eigenvalue weighted by molar-refractivity contribution is 6.10. The van der Waals surface area contributed by atoms with Gasteiger partial charge in [-0.3, -0.25) is 14.5 Å². The number of rotatable bonds is 4. The summed E-state index contributed by atoms with van der Waals surface area (Å²) in [6.07, 6.45) is 0. The lowest BCUT2D eigenvalue weighted by atomic mass is 10.1. The number of aryl methyl sites for hydroxylation is 2. The quantitative estimate of drug-likeness (QED) is 0.883. The largest absolute Gasteiger partial charge is 0.326 e. The molecule has 1 aliphatic rings. The van der Waals surface area contributed by atoms with Crippen LogP contribution in [0.2, 0.25) is 0 Å². The highest BCUT2D eigenvalue weighted by atomic mass is 16.2. The van der Waals surface area contributed by atoms with Gasteiger partial charge < -0.3 is 10.2 Å². The van der Waals surface area contributed by atoms with Gasteiger partial charge in [-0.2, -0.15) is 0 Å². The molecule has 1 unspecified atom stereocenters. The molecule has 0 spiro atoms. The van der Waals surface area contributed by atoms with Crippen molar-refractivity contribution in [3.63, 3.8) is 0 Å². The number of carbonyl (C=O) groups excluding carboxylic acids is 2. The molecule has 0 saturated carbocycles. The van der Waals surface area contributed by atoms with Crippen molar-refractivity contribution in [3.05, 3.63) is 59.2 Å². The van der Waals surface area contributed by atoms with Crippen LogP contribution < -0.4 is 15.1 Å². The number of carbonyl (C=O) groups is 2. The van der Waals surface area contributed by atoms with Crippen LogP contribution in [0, 0.1) is 13.8 Å². The number of benzene rings is 2. The van der Waals surface area contributed by atoms with Crippen molar-refractivity contribution in [2.45, 2.75) is 20.4 Å². The number of anilines is 2. The molecule has 130 valence electrons. The number of amides is 2. The zero-order valence-corrected chi connectivity index (χ0v) is 14.9. The standard InChI is InChI=1S/C20H23N3O2/c1-14-8-9-16(15(2)10-14)11-22(3)13-20(25)23-12-19(24)21-17-6-4-5-7-18(17)23/h4-10H,11-13H2,1-3H3,(H,21,24)/p+1. The second-order valence-electron chi connectivity index (χ2n) is 6.79. The minimum atomic E-state index is -0.154. The fraction of sp³-hybridized carbons (Fsp3) is 0.300. The molecule has 2 aromatic rings. The predicted octanol–water partition coefficient (Wildman–Crippen LogP) is 1.30. The molecule has 2 aromatic carbocycles. The Morgan fingerprint density at radius 2 is 1.96 bits per heavy atom. The van der Waals surface area contributed by atoms with E-state index in [2.05, 4.69) is 37.4 Å². The van der Waals surface area contributed by atoms with E-state index in [0.717, 1.165) is 17.1 Å². The molecule has 0 fully saturated rings. The van der Waals surface area contributed by atoms with Gasteiger partial charge in [-0.15, -0.1) is 0 Å². The van der Waals surface area contributed by atoms with E-state index < -0.39 is 0 Å². The molecule has 0 aliphatic carbocycles. The van der Waals surface area contributed by atoms with Crippen molar-refractivity contribution in [2.24, 2.45) is 0 Å². The Kier molecular flexibility index (Phi) is 4.86. The van der Waals surface area contributed by atoms with Crippen LogP contribution in [0.15, 0.2) is 42.5 Å². The SMILES string of the molecule is Cc1ccc(C[NH+](C)CC(=O)N2CC(=O)Nc3ccccc32)c(C)c1. The van der Waals surface area contributed by atoms with Crippen LogP contribution in [0.4, 0.5) is 11.4 Å². The summed E-state index contributed by atoms with van der Waals surface area (Å²) in [6, 6.07) is 13.8. The number of hydrogen-bond acceptors (Lipinski definition) is 2. The zero-order valence-electron chi connectivity index (χ0n) is 14.9. The monoisotopic (exact) mass is 338 g/mol. The van der Waals surface area contributed by atoms with E-state index in [1.807, 2.05) is 31.3 Å². The smallest absolute Gasteiger partial charge is 0.282 e. The Hall–Kier alpha value is -2.66. The average molecular weight is 338 g/mol. The van der Waals surface area contributed by atoms with Crippen LogP contribution in [-0.4, -0.2) is 32.0 Å². The Morgan fingerprint density at radius 1 is 1.20 bits per heavy atom. The molecule has 3 rings (SSSR count). The average Bonchev–Trinajstić information content (AvgIpc) is 2.56. The molecule has 5 nitrogen and oxygen atoms in total. The summed E-state index contributed by atoms with van der Waals surface area (Å²) in [6.45, 7) is 5.37. The summed E-state index contributed by atoms with van der Waals surface area (Å²) in [4.78, 5) is 27.3. The highest BCUT2D eigenvalue weighted by Crippen LogP contribution is 2.28. The Balaban J connectivity index is 1.70. The van der Waals surface area contributed by atoms with Crippen molar-refractivity contribution in [1.29, 1.82) is 0 Å². The van der Waals surface area contributed by atoms with Crippen LogP contribution in [0.25, 0.3) is 0 Å². The molecule has 0 radical (unpaired) electrons. The lowest BCUT2D eigenvalue weighted by molar-refractivity contribution is -0.885. The molecule has 0 aromatic heterocycles. The van der Waals surface area contributed by atoms with Crippen molar-refractivity contribution in [1.82, 2.24) is 0 Å². The normalized spacial score (nSPS) is 14.7. The summed E-state index contributed by atoms with van der Waals surface area (Å²) < 4.78 is 0. The molecule has 0 bridgehead atoms. The summed E-state index contributed by atoms with van der Waals surface area (Å²) >= 11 is 0. The molecule has 5 heteroatoms. The van der Waals surface area contributed by atoms with Gasteiger partial charge in [0.2, 0.25) is 5.91 Å². The molecular formula is C20H24N3O2+. The predicted molar refractivity (Wildman–Crippen MR) is 98.8 cm³/mol. The number of nitrogens with zero attached hydrogens (tertiary/aromatic N) is 1. The van der Waals surface area contributed by atoms with E-state index in [0.29, 0.717) is 12.2 Å². The van der Waals surface area contributed by atoms with Crippen molar-refractivity contribution in [2.75, 3.05) is 30.4 Å². The van der Waals surface area contributed by atoms with Crippen molar-refractivity contribution in [3.8, 4) is 0 Å². The van der Waals surface area contributed by atoms with E-state index in [1.165, 1.54) is 16.7 Å². The topological polar surface area (TPSA) is 53.9 Å². The molecule has 1 aliphatic heterocycles. The van der Waals surface area contributed by atoms with Gasteiger partial charge in [0.25, 0.3) is 5.91 Å². The maximum Gasteiger partial charge on any atom is 0.282 e. The lowest BCUT2D eigenvalue weighted by Gasteiger charge is -2.29. The van der Waals surface area contributed by atoms with Gasteiger partial charge in [0.1, 0.15) is 13.1 Å². The zero-order chi connectivity index (χ0) is 18.0. The fourth-order valence-electron chi connectivity index (χ4n) is 3.24. The van der Waals surface area contributed by atoms with E-state index in [4.69, 9.17) is 0 Å². The molecular weight excluding hydrogens is 314 g/mol. The van der Waals surface area contributed by atoms with Crippen molar-refractivity contribution >= 4 is 23.2 Å². The molecule has 25 heavy (non-hydrogen) atoms. The first kappa shape index (κ1) is 17.2. The maximum absolute atomic E-state index is 12.8. The van der Waals surface area contributed by atoms with Gasteiger partial charge in [-0.1, -0.05) is 35.9 Å². The first-order chi connectivity index (χ1) is 11.9. The van der Waals surface area contributed by atoms with Crippen LogP contribution in [0.1, 0.15) is 16.7 Å². The molecule has 1 heterocycles. The Labute approximate surface area is 148 Å². The minimum absolute atomic E-state index is 0.0374. The lowest BCUT2D eigenvalue weighted by Crippen LogP contribution is -3.09. The summed E-state index contributed by atoms with van der Waals surface area (Å²) in [5.41, 5.74) is 5.19. The second kappa shape index (κ2) is 7.07. The van der Waals surface area contributed by atoms with E-state index in [-0.39, 0.29) is 18.4 Å². The van der Waals surface area contributed by atoms with Crippen LogP contribution in [0.3, 0.4) is 0 Å². The van der Waals surface area contributed by atoms with Gasteiger partial charge in [0, 0.05) is 5.56 Å². The summed E-state index contributed by atoms with van der Waals surface area (Å²) in [5.74, 6) is -0.191. The summed E-state index contributed by atoms with van der Waals surface area (Å²) in [7, 11) is 2.01. The molecule has 2 N–H and O–H groups in total.